The topological polar surface area (TPSA) is 69.7 Å². The molecule has 0 bridgehead atoms. The summed E-state index contributed by atoms with van der Waals surface area (Å²) < 4.78 is 25.3. The zero-order valence-electron chi connectivity index (χ0n) is 12.7. The summed E-state index contributed by atoms with van der Waals surface area (Å²) in [5, 5.41) is 2.88. The van der Waals surface area contributed by atoms with Crippen LogP contribution in [-0.4, -0.2) is 50.6 Å². The van der Waals surface area contributed by atoms with Crippen LogP contribution in [0.4, 0.5) is 11.4 Å². The number of aryl methyl sites for hydroxylation is 1. The van der Waals surface area contributed by atoms with Crippen molar-refractivity contribution in [2.75, 3.05) is 42.1 Å². The smallest absolute Gasteiger partial charge is 0.224 e. The quantitative estimate of drug-likeness (QED) is 0.902. The SMILES string of the molecule is CCS(=O)(=O)N1CCN(c2ccc3c(c2)CCC(=O)N3)CC1. The molecule has 0 aromatic heterocycles. The van der Waals surface area contributed by atoms with E-state index in [2.05, 4.69) is 16.3 Å². The van der Waals surface area contributed by atoms with E-state index >= 15 is 0 Å². The van der Waals surface area contributed by atoms with Gasteiger partial charge in [-0.25, -0.2) is 8.42 Å². The molecule has 1 saturated heterocycles. The molecule has 22 heavy (non-hydrogen) atoms. The lowest BCUT2D eigenvalue weighted by Gasteiger charge is -2.35. The summed E-state index contributed by atoms with van der Waals surface area (Å²) in [6.45, 7) is 4.14. The lowest BCUT2D eigenvalue weighted by atomic mass is 10.0. The fourth-order valence-electron chi connectivity index (χ4n) is 2.97. The lowest BCUT2D eigenvalue weighted by molar-refractivity contribution is -0.116. The number of nitrogens with one attached hydrogen (secondary N) is 1. The number of fused-ring (bicyclic) bond motifs is 1. The van der Waals surface area contributed by atoms with Crippen LogP contribution in [0.25, 0.3) is 0 Å². The molecule has 0 radical (unpaired) electrons. The van der Waals surface area contributed by atoms with E-state index in [1.165, 1.54) is 0 Å². The lowest BCUT2D eigenvalue weighted by Crippen LogP contribution is -2.49. The molecular formula is C15H21N3O3S. The molecule has 1 fully saturated rings. The van der Waals surface area contributed by atoms with Gasteiger partial charge in [0.2, 0.25) is 15.9 Å². The van der Waals surface area contributed by atoms with Gasteiger partial charge < -0.3 is 10.2 Å². The zero-order valence-corrected chi connectivity index (χ0v) is 13.5. The average Bonchev–Trinajstić information content (AvgIpc) is 2.54. The molecule has 120 valence electrons. The Hall–Kier alpha value is -1.60. The predicted molar refractivity (Wildman–Crippen MR) is 86.6 cm³/mol. The van der Waals surface area contributed by atoms with Gasteiger partial charge in [0, 0.05) is 44.0 Å². The molecule has 1 aromatic rings. The van der Waals surface area contributed by atoms with E-state index in [4.69, 9.17) is 0 Å². The van der Waals surface area contributed by atoms with Crippen LogP contribution >= 0.6 is 0 Å². The van der Waals surface area contributed by atoms with Gasteiger partial charge in [-0.3, -0.25) is 4.79 Å². The molecule has 0 aliphatic carbocycles. The summed E-state index contributed by atoms with van der Waals surface area (Å²) in [6, 6.07) is 6.05. The number of rotatable bonds is 3. The maximum Gasteiger partial charge on any atom is 0.224 e. The van der Waals surface area contributed by atoms with E-state index in [0.29, 0.717) is 32.6 Å². The number of hydrogen-bond acceptors (Lipinski definition) is 4. The monoisotopic (exact) mass is 323 g/mol. The normalized spacial score (nSPS) is 19.7. The highest BCUT2D eigenvalue weighted by Gasteiger charge is 2.26. The summed E-state index contributed by atoms with van der Waals surface area (Å²) in [7, 11) is -3.09. The molecule has 0 unspecified atom stereocenters. The highest BCUT2D eigenvalue weighted by Crippen LogP contribution is 2.28. The molecule has 0 spiro atoms. The van der Waals surface area contributed by atoms with Gasteiger partial charge in [0.25, 0.3) is 0 Å². The van der Waals surface area contributed by atoms with Crippen molar-refractivity contribution in [1.82, 2.24) is 4.31 Å². The molecule has 1 aromatic carbocycles. The van der Waals surface area contributed by atoms with Crippen LogP contribution in [0.1, 0.15) is 18.9 Å². The van der Waals surface area contributed by atoms with Crippen molar-refractivity contribution in [2.45, 2.75) is 19.8 Å². The standard InChI is InChI=1S/C15H21N3O3S/c1-2-22(20,21)18-9-7-17(8-10-18)13-4-5-14-12(11-13)3-6-15(19)16-14/h4-5,11H,2-3,6-10H2,1H3,(H,16,19). The van der Waals surface area contributed by atoms with E-state index in [0.717, 1.165) is 23.4 Å². The van der Waals surface area contributed by atoms with Gasteiger partial charge in [0.15, 0.2) is 0 Å². The summed E-state index contributed by atoms with van der Waals surface area (Å²) in [5.41, 5.74) is 3.15. The first kappa shape index (κ1) is 15.3. The van der Waals surface area contributed by atoms with Crippen LogP contribution in [-0.2, 0) is 21.2 Å². The largest absolute Gasteiger partial charge is 0.369 e. The number of nitrogens with zero attached hydrogens (tertiary/aromatic N) is 2. The third-order valence-corrected chi connectivity index (χ3v) is 6.23. The first-order valence-corrected chi connectivity index (χ1v) is 9.26. The van der Waals surface area contributed by atoms with Crippen LogP contribution < -0.4 is 10.2 Å². The number of piperazine rings is 1. The van der Waals surface area contributed by atoms with Gasteiger partial charge in [-0.15, -0.1) is 0 Å². The van der Waals surface area contributed by atoms with E-state index < -0.39 is 10.0 Å². The highest BCUT2D eigenvalue weighted by molar-refractivity contribution is 7.89. The van der Waals surface area contributed by atoms with Gasteiger partial charge in [-0.05, 0) is 37.1 Å². The molecule has 0 saturated carbocycles. The highest BCUT2D eigenvalue weighted by atomic mass is 32.2. The van der Waals surface area contributed by atoms with Gasteiger partial charge in [-0.2, -0.15) is 4.31 Å². The summed E-state index contributed by atoms with van der Waals surface area (Å²) in [4.78, 5) is 13.6. The van der Waals surface area contributed by atoms with Crippen molar-refractivity contribution >= 4 is 27.3 Å². The molecule has 6 nitrogen and oxygen atoms in total. The minimum absolute atomic E-state index is 0.0682. The zero-order chi connectivity index (χ0) is 15.7. The molecule has 2 aliphatic rings. The Kier molecular flexibility index (Phi) is 4.10. The molecule has 2 aliphatic heterocycles. The van der Waals surface area contributed by atoms with Crippen molar-refractivity contribution in [3.8, 4) is 0 Å². The van der Waals surface area contributed by atoms with E-state index in [9.17, 15) is 13.2 Å². The minimum atomic E-state index is -3.09. The Morgan fingerprint density at radius 1 is 1.14 bits per heavy atom. The molecule has 1 amide bonds. The van der Waals surface area contributed by atoms with Gasteiger partial charge in [0.1, 0.15) is 0 Å². The maximum absolute atomic E-state index is 11.9. The number of anilines is 2. The first-order valence-electron chi connectivity index (χ1n) is 7.65. The van der Waals surface area contributed by atoms with Crippen LogP contribution in [0, 0.1) is 0 Å². The third-order valence-electron chi connectivity index (χ3n) is 4.35. The predicted octanol–water partition coefficient (Wildman–Crippen LogP) is 1.04. The van der Waals surface area contributed by atoms with Crippen LogP contribution in [0.15, 0.2) is 18.2 Å². The Morgan fingerprint density at radius 3 is 2.55 bits per heavy atom. The van der Waals surface area contributed by atoms with Gasteiger partial charge >= 0.3 is 0 Å². The van der Waals surface area contributed by atoms with Crippen LogP contribution in [0.3, 0.4) is 0 Å². The van der Waals surface area contributed by atoms with E-state index in [1.807, 2.05) is 12.1 Å². The molecule has 7 heteroatoms. The van der Waals surface area contributed by atoms with Crippen LogP contribution in [0.5, 0.6) is 0 Å². The Morgan fingerprint density at radius 2 is 1.86 bits per heavy atom. The van der Waals surface area contributed by atoms with E-state index in [1.54, 1.807) is 11.2 Å². The van der Waals surface area contributed by atoms with Gasteiger partial charge in [0.05, 0.1) is 5.75 Å². The van der Waals surface area contributed by atoms with E-state index in [-0.39, 0.29) is 11.7 Å². The molecule has 3 rings (SSSR count). The second-order valence-corrected chi connectivity index (χ2v) is 7.93. The first-order chi connectivity index (χ1) is 10.5. The van der Waals surface area contributed by atoms with Crippen molar-refractivity contribution < 1.29 is 13.2 Å². The molecule has 0 atom stereocenters. The minimum Gasteiger partial charge on any atom is -0.369 e. The fraction of sp³-hybridized carbons (Fsp3) is 0.533. The van der Waals surface area contributed by atoms with Crippen molar-refractivity contribution in [3.63, 3.8) is 0 Å². The molecular weight excluding hydrogens is 302 g/mol. The van der Waals surface area contributed by atoms with Gasteiger partial charge in [-0.1, -0.05) is 0 Å². The Labute approximate surface area is 131 Å². The number of hydrogen-bond donors (Lipinski definition) is 1. The number of carbonyl (C=O) groups is 1. The number of benzene rings is 1. The summed E-state index contributed by atoms with van der Waals surface area (Å²) >= 11 is 0. The van der Waals surface area contributed by atoms with Crippen LogP contribution in [0.2, 0.25) is 0 Å². The van der Waals surface area contributed by atoms with Crippen molar-refractivity contribution in [3.05, 3.63) is 23.8 Å². The summed E-state index contributed by atoms with van der Waals surface area (Å²) in [6.07, 6.45) is 1.29. The second-order valence-electron chi connectivity index (χ2n) is 5.68. The maximum atomic E-state index is 11.9. The Balaban J connectivity index is 1.71. The number of amides is 1. The summed E-state index contributed by atoms with van der Waals surface area (Å²) in [5.74, 6) is 0.226. The molecule has 2 heterocycles. The average molecular weight is 323 g/mol. The number of carbonyl (C=O) groups excluding carboxylic acids is 1. The van der Waals surface area contributed by atoms with Crippen molar-refractivity contribution in [2.24, 2.45) is 0 Å². The Bertz CT molecular complexity index is 679. The number of sulfonamides is 1. The van der Waals surface area contributed by atoms with Crippen molar-refractivity contribution in [1.29, 1.82) is 0 Å². The second kappa shape index (κ2) is 5.89. The molecule has 1 N–H and O–H groups in total. The third kappa shape index (κ3) is 2.96. The fourth-order valence-corrected chi connectivity index (χ4v) is 4.06.